The highest BCUT2D eigenvalue weighted by atomic mass is 35.5. The topological polar surface area (TPSA) is 90.1 Å². The molecule has 3 N–H and O–H groups in total. The van der Waals surface area contributed by atoms with Crippen molar-refractivity contribution < 1.29 is 9.53 Å². The van der Waals surface area contributed by atoms with E-state index in [0.29, 0.717) is 27.2 Å². The molecule has 0 radical (unpaired) electrons. The minimum absolute atomic E-state index is 0.300. The van der Waals surface area contributed by atoms with E-state index in [1.807, 2.05) is 0 Å². The van der Waals surface area contributed by atoms with Gasteiger partial charge in [0, 0.05) is 12.5 Å². The fourth-order valence-electron chi connectivity index (χ4n) is 2.01. The number of aryl methyl sites for hydroxylation is 1. The number of halogens is 1. The van der Waals surface area contributed by atoms with E-state index in [2.05, 4.69) is 22.4 Å². The molecule has 0 bridgehead atoms. The van der Waals surface area contributed by atoms with Crippen LogP contribution in [0.2, 0.25) is 5.02 Å². The summed E-state index contributed by atoms with van der Waals surface area (Å²) in [7, 11) is 1.47. The first-order valence-electron chi connectivity index (χ1n) is 7.31. The van der Waals surface area contributed by atoms with Crippen molar-refractivity contribution in [2.75, 3.05) is 18.2 Å². The van der Waals surface area contributed by atoms with Crippen LogP contribution in [0.25, 0.3) is 0 Å². The van der Waals surface area contributed by atoms with E-state index >= 15 is 0 Å². The van der Waals surface area contributed by atoms with Gasteiger partial charge in [0.1, 0.15) is 10.8 Å². The van der Waals surface area contributed by atoms with Gasteiger partial charge in [0.05, 0.1) is 23.4 Å². The van der Waals surface area contributed by atoms with Gasteiger partial charge in [-0.3, -0.25) is 10.1 Å². The molecule has 2 rings (SSSR count). The van der Waals surface area contributed by atoms with Crippen molar-refractivity contribution in [1.29, 1.82) is 0 Å². The molecule has 1 aromatic carbocycles. The van der Waals surface area contributed by atoms with Gasteiger partial charge in [0.2, 0.25) is 5.13 Å². The van der Waals surface area contributed by atoms with E-state index < -0.39 is 0 Å². The van der Waals surface area contributed by atoms with Gasteiger partial charge < -0.3 is 10.5 Å². The standard InChI is InChI=1S/C15H19ClN4O2S/c1-3-4-5-6-13-19-20-15(23-13)18-14(21)9-7-10(16)11(17)8-12(9)22-2/h7-8H,3-6,17H2,1-2H3,(H,18,20,21). The first-order valence-corrected chi connectivity index (χ1v) is 8.51. The molecule has 1 aromatic heterocycles. The summed E-state index contributed by atoms with van der Waals surface area (Å²) in [5, 5.41) is 12.5. The van der Waals surface area contributed by atoms with Gasteiger partial charge in [-0.25, -0.2) is 0 Å². The first-order chi connectivity index (χ1) is 11.0. The fraction of sp³-hybridized carbons (Fsp3) is 0.400. The van der Waals surface area contributed by atoms with E-state index in [4.69, 9.17) is 22.1 Å². The third-order valence-electron chi connectivity index (χ3n) is 3.24. The lowest BCUT2D eigenvalue weighted by Gasteiger charge is -2.09. The number of ether oxygens (including phenoxy) is 1. The molecule has 0 atom stereocenters. The Morgan fingerprint density at radius 1 is 1.39 bits per heavy atom. The second-order valence-corrected chi connectivity index (χ2v) is 6.46. The summed E-state index contributed by atoms with van der Waals surface area (Å²) in [6, 6.07) is 3.00. The molecule has 0 saturated heterocycles. The van der Waals surface area contributed by atoms with Crippen LogP contribution in [-0.4, -0.2) is 23.2 Å². The van der Waals surface area contributed by atoms with Gasteiger partial charge in [0.15, 0.2) is 0 Å². The van der Waals surface area contributed by atoms with E-state index in [1.165, 1.54) is 30.6 Å². The first kappa shape index (κ1) is 17.5. The van der Waals surface area contributed by atoms with Crippen LogP contribution in [0.5, 0.6) is 5.75 Å². The third kappa shape index (κ3) is 4.56. The van der Waals surface area contributed by atoms with Gasteiger partial charge in [0.25, 0.3) is 5.91 Å². The summed E-state index contributed by atoms with van der Waals surface area (Å²) < 4.78 is 5.18. The Bertz CT molecular complexity index is 690. The Morgan fingerprint density at radius 3 is 2.87 bits per heavy atom. The number of nitrogens with two attached hydrogens (primary N) is 1. The third-order valence-corrected chi connectivity index (χ3v) is 4.47. The number of unbranched alkanes of at least 4 members (excludes halogenated alkanes) is 2. The zero-order valence-corrected chi connectivity index (χ0v) is 14.6. The second kappa shape index (κ2) is 8.12. The summed E-state index contributed by atoms with van der Waals surface area (Å²) in [4.78, 5) is 12.4. The highest BCUT2D eigenvalue weighted by Gasteiger charge is 2.17. The Morgan fingerprint density at radius 2 is 2.17 bits per heavy atom. The van der Waals surface area contributed by atoms with Crippen LogP contribution in [0, 0.1) is 0 Å². The quantitative estimate of drug-likeness (QED) is 0.583. The molecule has 0 fully saturated rings. The Kier molecular flexibility index (Phi) is 6.18. The van der Waals surface area contributed by atoms with Crippen molar-refractivity contribution >= 4 is 39.7 Å². The predicted octanol–water partition coefficient (Wildman–Crippen LogP) is 3.77. The Labute approximate surface area is 144 Å². The maximum Gasteiger partial charge on any atom is 0.261 e. The lowest BCUT2D eigenvalue weighted by molar-refractivity contribution is 0.102. The van der Waals surface area contributed by atoms with Gasteiger partial charge in [-0.15, -0.1) is 10.2 Å². The van der Waals surface area contributed by atoms with Crippen LogP contribution in [0.1, 0.15) is 41.6 Å². The number of amides is 1. The number of hydrogen-bond donors (Lipinski definition) is 2. The second-order valence-electron chi connectivity index (χ2n) is 4.99. The molecule has 0 spiro atoms. The number of nitrogen functional groups attached to an aromatic ring is 1. The number of rotatable bonds is 7. The number of aromatic nitrogens is 2. The van der Waals surface area contributed by atoms with Crippen molar-refractivity contribution in [3.05, 3.63) is 27.7 Å². The zero-order valence-electron chi connectivity index (χ0n) is 13.1. The summed E-state index contributed by atoms with van der Waals surface area (Å²) in [6.45, 7) is 2.15. The lowest BCUT2D eigenvalue weighted by Crippen LogP contribution is -2.13. The molecule has 0 aliphatic heterocycles. The molecule has 8 heteroatoms. The number of benzene rings is 1. The average Bonchev–Trinajstić information content (AvgIpc) is 2.97. The van der Waals surface area contributed by atoms with Crippen LogP contribution in [0.15, 0.2) is 12.1 Å². The van der Waals surface area contributed by atoms with Crippen LogP contribution in [0.4, 0.5) is 10.8 Å². The van der Waals surface area contributed by atoms with Crippen LogP contribution >= 0.6 is 22.9 Å². The molecule has 2 aromatic rings. The highest BCUT2D eigenvalue weighted by molar-refractivity contribution is 7.15. The van der Waals surface area contributed by atoms with Crippen LogP contribution in [0.3, 0.4) is 0 Å². The van der Waals surface area contributed by atoms with Crippen molar-refractivity contribution in [3.8, 4) is 5.75 Å². The number of nitrogens with zero attached hydrogens (tertiary/aromatic N) is 2. The summed E-state index contributed by atoms with van der Waals surface area (Å²) in [5.74, 6) is -0.00269. The molecule has 0 aliphatic carbocycles. The van der Waals surface area contributed by atoms with Crippen molar-refractivity contribution in [3.63, 3.8) is 0 Å². The molecule has 0 aliphatic rings. The Balaban J connectivity index is 2.09. The molecule has 124 valence electrons. The Hall–Kier alpha value is -1.86. The van der Waals surface area contributed by atoms with Crippen LogP contribution < -0.4 is 15.8 Å². The summed E-state index contributed by atoms with van der Waals surface area (Å²) >= 11 is 7.35. The van der Waals surface area contributed by atoms with Gasteiger partial charge in [-0.1, -0.05) is 42.7 Å². The molecule has 6 nitrogen and oxygen atoms in total. The van der Waals surface area contributed by atoms with E-state index in [1.54, 1.807) is 0 Å². The SMILES string of the molecule is CCCCCc1nnc(NC(=O)c2cc(Cl)c(N)cc2OC)s1. The molecular formula is C15H19ClN4O2S. The van der Waals surface area contributed by atoms with Crippen molar-refractivity contribution in [1.82, 2.24) is 10.2 Å². The number of carbonyl (C=O) groups is 1. The molecule has 1 amide bonds. The molecule has 0 saturated carbocycles. The number of hydrogen-bond acceptors (Lipinski definition) is 6. The molecular weight excluding hydrogens is 336 g/mol. The minimum Gasteiger partial charge on any atom is -0.496 e. The number of nitrogens with one attached hydrogen (secondary N) is 1. The van der Waals surface area contributed by atoms with E-state index in [-0.39, 0.29) is 5.91 Å². The van der Waals surface area contributed by atoms with Gasteiger partial charge >= 0.3 is 0 Å². The summed E-state index contributed by atoms with van der Waals surface area (Å²) in [5.41, 5.74) is 6.37. The van der Waals surface area contributed by atoms with E-state index in [9.17, 15) is 4.79 Å². The highest BCUT2D eigenvalue weighted by Crippen LogP contribution is 2.29. The molecule has 0 unspecified atom stereocenters. The average molecular weight is 355 g/mol. The van der Waals surface area contributed by atoms with Gasteiger partial charge in [-0.2, -0.15) is 0 Å². The van der Waals surface area contributed by atoms with E-state index in [0.717, 1.165) is 30.7 Å². The lowest BCUT2D eigenvalue weighted by atomic mass is 10.1. The van der Waals surface area contributed by atoms with Crippen molar-refractivity contribution in [2.45, 2.75) is 32.6 Å². The summed E-state index contributed by atoms with van der Waals surface area (Å²) in [6.07, 6.45) is 4.25. The fourth-order valence-corrected chi connectivity index (χ4v) is 2.95. The predicted molar refractivity (Wildman–Crippen MR) is 93.5 cm³/mol. The molecule has 23 heavy (non-hydrogen) atoms. The smallest absolute Gasteiger partial charge is 0.261 e. The number of carbonyl (C=O) groups excluding carboxylic acids is 1. The maximum atomic E-state index is 12.4. The number of methoxy groups -OCH3 is 1. The van der Waals surface area contributed by atoms with Gasteiger partial charge in [-0.05, 0) is 12.5 Å². The minimum atomic E-state index is -0.361. The van der Waals surface area contributed by atoms with Crippen molar-refractivity contribution in [2.24, 2.45) is 0 Å². The van der Waals surface area contributed by atoms with Crippen LogP contribution in [-0.2, 0) is 6.42 Å². The maximum absolute atomic E-state index is 12.4. The monoisotopic (exact) mass is 354 g/mol. The molecule has 1 heterocycles. The zero-order chi connectivity index (χ0) is 16.8. The normalized spacial score (nSPS) is 10.6. The largest absolute Gasteiger partial charge is 0.496 e. The number of anilines is 2.